The third kappa shape index (κ3) is 4.14. The first-order chi connectivity index (χ1) is 16.2. The molecule has 0 radical (unpaired) electrons. The molecule has 2 aliphatic heterocycles. The van der Waals surface area contributed by atoms with Gasteiger partial charge in [0, 0.05) is 29.5 Å². The van der Waals surface area contributed by atoms with E-state index in [1.54, 1.807) is 18.0 Å². The van der Waals surface area contributed by atoms with Crippen LogP contribution in [0, 0.1) is 0 Å². The molecule has 1 aromatic carbocycles. The van der Waals surface area contributed by atoms with Gasteiger partial charge >= 0.3 is 0 Å². The molecule has 168 valence electrons. The molecule has 1 unspecified atom stereocenters. The number of fused-ring (bicyclic) bond motifs is 2. The van der Waals surface area contributed by atoms with E-state index >= 15 is 0 Å². The van der Waals surface area contributed by atoms with Gasteiger partial charge in [-0.05, 0) is 49.6 Å². The quantitative estimate of drug-likeness (QED) is 0.447. The highest BCUT2D eigenvalue weighted by Crippen LogP contribution is 2.31. The van der Waals surface area contributed by atoms with E-state index in [4.69, 9.17) is 9.47 Å². The molecule has 0 saturated carbocycles. The van der Waals surface area contributed by atoms with E-state index in [0.717, 1.165) is 58.2 Å². The molecule has 0 aliphatic carbocycles. The summed E-state index contributed by atoms with van der Waals surface area (Å²) in [6.45, 7) is 1.79. The summed E-state index contributed by atoms with van der Waals surface area (Å²) in [6.07, 6.45) is 9.74. The Labute approximate surface area is 194 Å². The lowest BCUT2D eigenvalue weighted by Gasteiger charge is -2.22. The minimum atomic E-state index is -0.120. The van der Waals surface area contributed by atoms with E-state index in [1.807, 2.05) is 47.4 Å². The van der Waals surface area contributed by atoms with Crippen LogP contribution < -0.4 is 10.3 Å². The maximum atomic E-state index is 13.0. The minimum absolute atomic E-state index is 0.0278. The predicted molar refractivity (Wildman–Crippen MR) is 124 cm³/mol. The van der Waals surface area contributed by atoms with E-state index < -0.39 is 0 Å². The van der Waals surface area contributed by atoms with Gasteiger partial charge in [0.2, 0.25) is 0 Å². The molecule has 3 aromatic heterocycles. The molecular formula is C24H23N5O3S. The van der Waals surface area contributed by atoms with Crippen LogP contribution in [-0.4, -0.2) is 37.8 Å². The summed E-state index contributed by atoms with van der Waals surface area (Å²) in [6, 6.07) is 9.65. The van der Waals surface area contributed by atoms with Crippen LogP contribution in [0.5, 0.6) is 5.75 Å². The smallest absolute Gasteiger partial charge is 0.274 e. The van der Waals surface area contributed by atoms with Gasteiger partial charge in [0.15, 0.2) is 0 Å². The molecule has 1 atom stereocenters. The summed E-state index contributed by atoms with van der Waals surface area (Å²) in [5, 5.41) is 10.3. The summed E-state index contributed by atoms with van der Waals surface area (Å²) in [5.74, 6) is 0.833. The topological polar surface area (TPSA) is 84.1 Å². The minimum Gasteiger partial charge on any atom is -0.491 e. The van der Waals surface area contributed by atoms with E-state index in [0.29, 0.717) is 18.5 Å². The van der Waals surface area contributed by atoms with Crippen LogP contribution >= 0.6 is 11.8 Å². The Morgan fingerprint density at radius 3 is 2.94 bits per heavy atom. The summed E-state index contributed by atoms with van der Waals surface area (Å²) < 4.78 is 14.7. The van der Waals surface area contributed by atoms with Crippen molar-refractivity contribution in [1.82, 2.24) is 24.5 Å². The molecule has 1 fully saturated rings. The molecular weight excluding hydrogens is 438 g/mol. The molecule has 6 rings (SSSR count). The van der Waals surface area contributed by atoms with Gasteiger partial charge in [-0.15, -0.1) is 0 Å². The van der Waals surface area contributed by atoms with Crippen LogP contribution in [0.25, 0.3) is 10.8 Å². The summed E-state index contributed by atoms with van der Waals surface area (Å²) in [4.78, 5) is 19.7. The number of pyridine rings is 1. The lowest BCUT2D eigenvalue weighted by molar-refractivity contribution is -0.0396. The van der Waals surface area contributed by atoms with E-state index in [9.17, 15) is 4.79 Å². The van der Waals surface area contributed by atoms with Crippen molar-refractivity contribution in [3.8, 4) is 5.75 Å². The van der Waals surface area contributed by atoms with Gasteiger partial charge < -0.3 is 9.47 Å². The lowest BCUT2D eigenvalue weighted by atomic mass is 10.2. The Kier molecular flexibility index (Phi) is 5.35. The van der Waals surface area contributed by atoms with Gasteiger partial charge in [0.1, 0.15) is 12.0 Å². The van der Waals surface area contributed by atoms with Gasteiger partial charge in [0.05, 0.1) is 47.2 Å². The fraction of sp³-hybridized carbons (Fsp3) is 0.333. The standard InChI is InChI=1S/C24H23N5O3S/c30-24-20-6-5-18(33-19-13-26-28(15-19)23-3-1-2-9-32-23)11-16(20)12-25-29(24)14-17-4-7-22-21(27-17)8-10-31-22/h4-7,11-13,15,23H,1-3,8-10,14H2. The third-order valence-electron chi connectivity index (χ3n) is 5.99. The predicted octanol–water partition coefficient (Wildman–Crippen LogP) is 3.82. The Bertz CT molecular complexity index is 1380. The molecule has 0 spiro atoms. The second-order valence-electron chi connectivity index (χ2n) is 8.28. The van der Waals surface area contributed by atoms with Crippen molar-refractivity contribution in [3.05, 3.63) is 70.7 Å². The first kappa shape index (κ1) is 20.4. The third-order valence-corrected chi connectivity index (χ3v) is 6.92. The lowest BCUT2D eigenvalue weighted by Crippen LogP contribution is -2.23. The molecule has 9 heteroatoms. The van der Waals surface area contributed by atoms with Crippen molar-refractivity contribution in [3.63, 3.8) is 0 Å². The molecule has 33 heavy (non-hydrogen) atoms. The molecule has 4 aromatic rings. The number of nitrogens with zero attached hydrogens (tertiary/aromatic N) is 5. The Morgan fingerprint density at radius 2 is 2.03 bits per heavy atom. The summed E-state index contributed by atoms with van der Waals surface area (Å²) >= 11 is 1.61. The highest BCUT2D eigenvalue weighted by Gasteiger charge is 2.17. The van der Waals surface area contributed by atoms with Crippen molar-refractivity contribution in [2.24, 2.45) is 0 Å². The number of rotatable bonds is 5. The average molecular weight is 462 g/mol. The van der Waals surface area contributed by atoms with E-state index in [1.165, 1.54) is 11.1 Å². The fourth-order valence-electron chi connectivity index (χ4n) is 4.28. The number of benzene rings is 1. The van der Waals surface area contributed by atoms with Crippen LogP contribution in [0.15, 0.2) is 63.5 Å². The van der Waals surface area contributed by atoms with Crippen molar-refractivity contribution in [1.29, 1.82) is 0 Å². The van der Waals surface area contributed by atoms with Crippen LogP contribution in [0.2, 0.25) is 0 Å². The highest BCUT2D eigenvalue weighted by atomic mass is 32.2. The Morgan fingerprint density at radius 1 is 1.06 bits per heavy atom. The van der Waals surface area contributed by atoms with Gasteiger partial charge in [-0.25, -0.2) is 9.36 Å². The monoisotopic (exact) mass is 461 g/mol. The SMILES string of the molecule is O=c1c2ccc(Sc3cnn(C4CCCCO4)c3)cc2cnn1Cc1ccc2c(n1)CCO2. The van der Waals surface area contributed by atoms with Gasteiger partial charge in [-0.2, -0.15) is 10.2 Å². The Balaban J connectivity index is 1.21. The number of aromatic nitrogens is 5. The summed E-state index contributed by atoms with van der Waals surface area (Å²) in [5.41, 5.74) is 1.63. The maximum absolute atomic E-state index is 13.0. The molecule has 2 aliphatic rings. The Hall–Kier alpha value is -3.17. The summed E-state index contributed by atoms with van der Waals surface area (Å²) in [7, 11) is 0. The highest BCUT2D eigenvalue weighted by molar-refractivity contribution is 7.99. The second-order valence-corrected chi connectivity index (χ2v) is 9.43. The van der Waals surface area contributed by atoms with Crippen LogP contribution in [-0.2, 0) is 17.7 Å². The second kappa shape index (κ2) is 8.64. The fourth-order valence-corrected chi connectivity index (χ4v) is 5.14. The van der Waals surface area contributed by atoms with Gasteiger partial charge in [-0.3, -0.25) is 9.78 Å². The van der Waals surface area contributed by atoms with Gasteiger partial charge in [-0.1, -0.05) is 11.8 Å². The molecule has 5 heterocycles. The molecule has 0 amide bonds. The zero-order valence-electron chi connectivity index (χ0n) is 18.0. The number of ether oxygens (including phenoxy) is 2. The first-order valence-electron chi connectivity index (χ1n) is 11.2. The molecule has 0 bridgehead atoms. The van der Waals surface area contributed by atoms with Crippen molar-refractivity contribution in [2.75, 3.05) is 13.2 Å². The van der Waals surface area contributed by atoms with Gasteiger partial charge in [0.25, 0.3) is 5.56 Å². The average Bonchev–Trinajstić information content (AvgIpc) is 3.51. The van der Waals surface area contributed by atoms with Crippen LogP contribution in [0.1, 0.15) is 36.9 Å². The largest absolute Gasteiger partial charge is 0.491 e. The van der Waals surface area contributed by atoms with Crippen molar-refractivity contribution in [2.45, 2.75) is 48.2 Å². The van der Waals surface area contributed by atoms with E-state index in [2.05, 4.69) is 15.2 Å². The number of hydrogen-bond donors (Lipinski definition) is 0. The first-order valence-corrected chi connectivity index (χ1v) is 12.0. The maximum Gasteiger partial charge on any atom is 0.274 e. The van der Waals surface area contributed by atoms with Crippen molar-refractivity contribution >= 4 is 22.5 Å². The molecule has 8 nitrogen and oxygen atoms in total. The van der Waals surface area contributed by atoms with Crippen LogP contribution in [0.3, 0.4) is 0 Å². The normalized spacial score (nSPS) is 17.8. The zero-order chi connectivity index (χ0) is 22.2. The van der Waals surface area contributed by atoms with Crippen molar-refractivity contribution < 1.29 is 9.47 Å². The zero-order valence-corrected chi connectivity index (χ0v) is 18.8. The van der Waals surface area contributed by atoms with E-state index in [-0.39, 0.29) is 11.8 Å². The molecule has 1 saturated heterocycles. The van der Waals surface area contributed by atoms with Crippen LogP contribution in [0.4, 0.5) is 0 Å². The number of hydrogen-bond acceptors (Lipinski definition) is 7. The molecule has 0 N–H and O–H groups in total.